The Labute approximate surface area is 351 Å². The normalized spacial score (nSPS) is 14.0. The second kappa shape index (κ2) is 15.4. The van der Waals surface area contributed by atoms with Gasteiger partial charge in [-0.1, -0.05) is 158 Å². The average Bonchev–Trinajstić information content (AvgIpc) is 3.79. The Balaban J connectivity index is 1.12. The third-order valence-corrected chi connectivity index (χ3v) is 12.2. The van der Waals surface area contributed by atoms with E-state index in [2.05, 4.69) is 204 Å². The van der Waals surface area contributed by atoms with E-state index in [0.717, 1.165) is 33.4 Å². The van der Waals surface area contributed by atoms with Crippen LogP contribution in [0.2, 0.25) is 0 Å². The zero-order valence-corrected chi connectivity index (χ0v) is 33.6. The van der Waals surface area contributed by atoms with Crippen molar-refractivity contribution in [3.05, 3.63) is 245 Å². The van der Waals surface area contributed by atoms with E-state index >= 15 is 0 Å². The van der Waals surface area contributed by atoms with Gasteiger partial charge in [-0.3, -0.25) is 9.89 Å². The summed E-state index contributed by atoms with van der Waals surface area (Å²) in [6, 6.07) is 73.7. The van der Waals surface area contributed by atoms with Crippen molar-refractivity contribution in [2.24, 2.45) is 4.99 Å². The fourth-order valence-corrected chi connectivity index (χ4v) is 9.66. The molecule has 0 saturated heterocycles. The van der Waals surface area contributed by atoms with E-state index in [1.165, 1.54) is 44.2 Å². The number of hydrogen-bond acceptors (Lipinski definition) is 4. The van der Waals surface area contributed by atoms with E-state index < -0.39 is 5.41 Å². The number of nitriles is 1. The Morgan fingerprint density at radius 2 is 1.25 bits per heavy atom. The van der Waals surface area contributed by atoms with Gasteiger partial charge in [0.25, 0.3) is 0 Å². The van der Waals surface area contributed by atoms with Gasteiger partial charge in [-0.25, -0.2) is 0 Å². The lowest BCUT2D eigenvalue weighted by Crippen LogP contribution is -2.36. The minimum absolute atomic E-state index is 0.182. The van der Waals surface area contributed by atoms with Crippen molar-refractivity contribution in [2.75, 3.05) is 14.1 Å². The van der Waals surface area contributed by atoms with Crippen LogP contribution >= 0.6 is 0 Å². The Morgan fingerprint density at radius 1 is 0.600 bits per heavy atom. The van der Waals surface area contributed by atoms with Crippen LogP contribution in [0.5, 0.6) is 0 Å². The fraction of sp³-hybridized carbons (Fsp3) is 0.0909. The van der Waals surface area contributed by atoms with Crippen molar-refractivity contribution in [3.63, 3.8) is 0 Å². The molecule has 1 aliphatic carbocycles. The van der Waals surface area contributed by atoms with E-state index in [1.54, 1.807) is 0 Å². The van der Waals surface area contributed by atoms with E-state index in [9.17, 15) is 5.26 Å². The lowest BCUT2D eigenvalue weighted by molar-refractivity contribution is 0.157. The van der Waals surface area contributed by atoms with Crippen molar-refractivity contribution in [2.45, 2.75) is 17.7 Å². The van der Waals surface area contributed by atoms with Gasteiger partial charge in [-0.15, -0.1) is 0 Å². The fourth-order valence-electron chi connectivity index (χ4n) is 9.66. The van der Waals surface area contributed by atoms with Gasteiger partial charge in [0.05, 0.1) is 34.2 Å². The Morgan fingerprint density at radius 3 is 1.98 bits per heavy atom. The Bertz CT molecular complexity index is 3030. The maximum atomic E-state index is 9.64. The maximum absolute atomic E-state index is 9.64. The zero-order valence-electron chi connectivity index (χ0n) is 33.6. The molecule has 0 fully saturated rings. The number of nitrogens with zero attached hydrogens (tertiary/aromatic N) is 4. The number of fused-ring (bicyclic) bond motifs is 6. The minimum atomic E-state index is -0.477. The van der Waals surface area contributed by atoms with Gasteiger partial charge in [0.15, 0.2) is 0 Å². The van der Waals surface area contributed by atoms with Gasteiger partial charge in [-0.2, -0.15) is 5.26 Å². The molecule has 9 aromatic rings. The van der Waals surface area contributed by atoms with Gasteiger partial charge in [0.2, 0.25) is 0 Å². The summed E-state index contributed by atoms with van der Waals surface area (Å²) < 4.78 is 2.41. The molecule has 8 aromatic carbocycles. The number of para-hydroxylation sites is 1. The van der Waals surface area contributed by atoms with Crippen molar-refractivity contribution in [1.82, 2.24) is 14.8 Å². The highest BCUT2D eigenvalue weighted by atomic mass is 15.3. The first kappa shape index (κ1) is 36.9. The molecule has 5 heteroatoms. The second-order valence-corrected chi connectivity index (χ2v) is 15.5. The molecular formula is C55H43N5. The third kappa shape index (κ3) is 6.05. The first-order valence-electron chi connectivity index (χ1n) is 20.5. The molecule has 1 aliphatic rings. The van der Waals surface area contributed by atoms with Gasteiger partial charge < -0.3 is 9.88 Å². The molecule has 1 aromatic heterocycles. The lowest BCUT2D eigenvalue weighted by atomic mass is 9.67. The molecule has 60 heavy (non-hydrogen) atoms. The Hall–Kier alpha value is -7.36. The molecule has 2 unspecified atom stereocenters. The third-order valence-electron chi connectivity index (χ3n) is 12.2. The topological polar surface area (TPSA) is 56.4 Å². The van der Waals surface area contributed by atoms with Crippen LogP contribution in [-0.2, 0) is 5.41 Å². The zero-order chi connectivity index (χ0) is 40.6. The van der Waals surface area contributed by atoms with Crippen LogP contribution < -0.4 is 5.32 Å². The number of aromatic nitrogens is 1. The molecule has 0 bridgehead atoms. The molecule has 0 radical (unpaired) electrons. The van der Waals surface area contributed by atoms with Crippen molar-refractivity contribution >= 4 is 28.0 Å². The average molecular weight is 774 g/mol. The lowest BCUT2D eigenvalue weighted by Gasteiger charge is -2.34. The highest BCUT2D eigenvalue weighted by Gasteiger charge is 2.46. The summed E-state index contributed by atoms with van der Waals surface area (Å²) in [6.07, 6.45) is 1.51. The summed E-state index contributed by atoms with van der Waals surface area (Å²) in [5.74, 6) is 0. The molecule has 5 nitrogen and oxygen atoms in total. The molecule has 0 saturated carbocycles. The van der Waals surface area contributed by atoms with Crippen molar-refractivity contribution < 1.29 is 0 Å². The molecule has 288 valence electrons. The molecule has 0 spiro atoms. The maximum Gasteiger partial charge on any atom is 0.129 e. The summed E-state index contributed by atoms with van der Waals surface area (Å²) in [6.45, 7) is 0. The summed E-state index contributed by atoms with van der Waals surface area (Å²) in [7, 11) is 4.02. The largest absolute Gasteiger partial charge is 0.309 e. The van der Waals surface area contributed by atoms with Crippen LogP contribution in [0.25, 0.3) is 38.6 Å². The number of rotatable bonds is 10. The minimum Gasteiger partial charge on any atom is -0.309 e. The van der Waals surface area contributed by atoms with Crippen molar-refractivity contribution in [1.29, 1.82) is 5.26 Å². The summed E-state index contributed by atoms with van der Waals surface area (Å²) in [4.78, 5) is 7.49. The van der Waals surface area contributed by atoms with E-state index in [4.69, 9.17) is 4.99 Å². The molecule has 2 atom stereocenters. The standard InChI is InChI=1S/C55H43N5/c1-57-53(41-22-16-18-38(32-41)36-56)59(2)54(40-20-6-3-7-21-40)58-37-39-19-17-27-44(33-39)60-51-31-15-13-29-46(51)48-34-50-47(35-52(48)60)45-28-12-14-30-49(45)55(50,42-23-8-4-9-24-42)43-25-10-5-11-26-43/h3-35,37,53-54,57H,1-2H3/b58-37+. The first-order chi connectivity index (χ1) is 29.6. The molecule has 10 rings (SSSR count). The number of aliphatic imine (C=N–C) groups is 1. The van der Waals surface area contributed by atoms with E-state index in [1.807, 2.05) is 37.5 Å². The first-order valence-corrected chi connectivity index (χ1v) is 20.5. The highest BCUT2D eigenvalue weighted by Crippen LogP contribution is 2.57. The molecule has 1 heterocycles. The number of nitrogens with one attached hydrogen (secondary N) is 1. The van der Waals surface area contributed by atoms with Gasteiger partial charge in [-0.05, 0) is 107 Å². The highest BCUT2D eigenvalue weighted by molar-refractivity contribution is 6.12. The summed E-state index contributed by atoms with van der Waals surface area (Å²) in [5, 5.41) is 15.5. The predicted molar refractivity (Wildman–Crippen MR) is 246 cm³/mol. The van der Waals surface area contributed by atoms with Gasteiger partial charge in [0.1, 0.15) is 6.17 Å². The number of benzene rings is 8. The summed E-state index contributed by atoms with van der Waals surface area (Å²) in [5.41, 5.74) is 14.2. The molecule has 0 aliphatic heterocycles. The Kier molecular flexibility index (Phi) is 9.50. The second-order valence-electron chi connectivity index (χ2n) is 15.5. The number of hydrogen-bond donors (Lipinski definition) is 1. The monoisotopic (exact) mass is 773 g/mol. The predicted octanol–water partition coefficient (Wildman–Crippen LogP) is 12.0. The van der Waals surface area contributed by atoms with E-state index in [0.29, 0.717) is 5.56 Å². The van der Waals surface area contributed by atoms with Crippen molar-refractivity contribution in [3.8, 4) is 22.9 Å². The van der Waals surface area contributed by atoms with Gasteiger partial charge in [0, 0.05) is 22.7 Å². The van der Waals surface area contributed by atoms with Crippen LogP contribution in [-0.4, -0.2) is 29.8 Å². The van der Waals surface area contributed by atoms with Crippen LogP contribution in [0, 0.1) is 11.3 Å². The van der Waals surface area contributed by atoms with Crippen LogP contribution in [0.3, 0.4) is 0 Å². The van der Waals surface area contributed by atoms with Crippen LogP contribution in [0.1, 0.15) is 56.8 Å². The summed E-state index contributed by atoms with van der Waals surface area (Å²) >= 11 is 0. The molecular weight excluding hydrogens is 731 g/mol. The van der Waals surface area contributed by atoms with E-state index in [-0.39, 0.29) is 12.3 Å². The SMILES string of the molecule is CNC(c1cccc(C#N)c1)N(C)C(/N=C/c1cccc(-n2c3ccccc3c3cc4c(cc32)-c2ccccc2C4(c2ccccc2)c2ccccc2)c1)c1ccccc1. The van der Waals surface area contributed by atoms with Gasteiger partial charge >= 0.3 is 0 Å². The molecule has 1 N–H and O–H groups in total. The quantitative estimate of drug-likeness (QED) is 0.111. The molecule has 0 amide bonds. The van der Waals surface area contributed by atoms with Crippen LogP contribution in [0.15, 0.2) is 205 Å². The smallest absolute Gasteiger partial charge is 0.129 e. The van der Waals surface area contributed by atoms with Crippen LogP contribution in [0.4, 0.5) is 0 Å².